The third-order valence-corrected chi connectivity index (χ3v) is 5.60. The maximum atomic E-state index is 12.7. The topological polar surface area (TPSA) is 54.5 Å². The summed E-state index contributed by atoms with van der Waals surface area (Å²) in [5.41, 5.74) is 0.861. The molecule has 0 spiro atoms. The predicted octanol–water partition coefficient (Wildman–Crippen LogP) is 3.45. The molecule has 2 unspecified atom stereocenters. The van der Waals surface area contributed by atoms with Crippen molar-refractivity contribution in [2.45, 2.75) is 38.1 Å². The second-order valence-corrected chi connectivity index (χ2v) is 8.64. The lowest BCUT2D eigenvalue weighted by atomic mass is 10.1. The zero-order valence-electron chi connectivity index (χ0n) is 12.1. The highest BCUT2D eigenvalue weighted by atomic mass is 35.7. The number of likely N-dealkylation sites (tertiary alicyclic amines) is 1. The Bertz CT molecular complexity index is 688. The normalized spacial score (nSPS) is 22.6. The van der Waals surface area contributed by atoms with Gasteiger partial charge >= 0.3 is 0 Å². The third-order valence-electron chi connectivity index (χ3n) is 3.87. The van der Waals surface area contributed by atoms with Crippen LogP contribution in [0.3, 0.4) is 0 Å². The fraction of sp³-hybridized carbons (Fsp3) is 0.500. The average Bonchev–Trinajstić information content (AvgIpc) is 2.69. The van der Waals surface area contributed by atoms with Gasteiger partial charge in [0, 0.05) is 33.9 Å². The van der Waals surface area contributed by atoms with Crippen LogP contribution in [0.5, 0.6) is 0 Å². The van der Waals surface area contributed by atoms with Gasteiger partial charge in [-0.25, -0.2) is 8.42 Å². The van der Waals surface area contributed by atoms with Gasteiger partial charge in [-0.05, 0) is 43.9 Å². The summed E-state index contributed by atoms with van der Waals surface area (Å²) in [4.78, 5) is 14.3. The van der Waals surface area contributed by atoms with E-state index in [9.17, 15) is 13.2 Å². The number of amides is 1. The zero-order chi connectivity index (χ0) is 15.9. The number of hydrogen-bond acceptors (Lipinski definition) is 3. The fourth-order valence-corrected chi connectivity index (χ4v) is 3.82. The summed E-state index contributed by atoms with van der Waals surface area (Å²) in [6, 6.07) is 2.70. The maximum Gasteiger partial charge on any atom is 0.261 e. The minimum atomic E-state index is -3.93. The Morgan fingerprint density at radius 2 is 1.95 bits per heavy atom. The molecule has 0 bridgehead atoms. The average molecular weight is 350 g/mol. The van der Waals surface area contributed by atoms with E-state index in [1.165, 1.54) is 12.1 Å². The Balaban J connectivity index is 2.48. The van der Waals surface area contributed by atoms with E-state index < -0.39 is 9.05 Å². The van der Waals surface area contributed by atoms with Gasteiger partial charge in [-0.2, -0.15) is 0 Å². The Morgan fingerprint density at radius 1 is 1.33 bits per heavy atom. The Kier molecular flexibility index (Phi) is 4.57. The Hall–Kier alpha value is -0.780. The minimum absolute atomic E-state index is 0.127. The van der Waals surface area contributed by atoms with Gasteiger partial charge in [-0.1, -0.05) is 18.5 Å². The largest absolute Gasteiger partial charge is 0.336 e. The van der Waals surface area contributed by atoms with Crippen molar-refractivity contribution in [2.24, 2.45) is 5.92 Å². The van der Waals surface area contributed by atoms with Crippen molar-refractivity contribution in [3.63, 3.8) is 0 Å². The van der Waals surface area contributed by atoms with Gasteiger partial charge in [0.25, 0.3) is 15.0 Å². The van der Waals surface area contributed by atoms with Crippen LogP contribution in [-0.4, -0.2) is 31.8 Å². The first-order valence-corrected chi connectivity index (χ1v) is 9.35. The van der Waals surface area contributed by atoms with E-state index in [0.717, 1.165) is 6.42 Å². The van der Waals surface area contributed by atoms with E-state index in [-0.39, 0.29) is 21.9 Å². The van der Waals surface area contributed by atoms with Crippen LogP contribution in [-0.2, 0) is 9.05 Å². The second kappa shape index (κ2) is 5.78. The molecular weight excluding hydrogens is 333 g/mol. The highest BCUT2D eigenvalue weighted by Gasteiger charge is 2.32. The summed E-state index contributed by atoms with van der Waals surface area (Å²) in [6.07, 6.45) is 0.937. The molecule has 116 valence electrons. The van der Waals surface area contributed by atoms with E-state index in [1.54, 1.807) is 11.8 Å². The van der Waals surface area contributed by atoms with Crippen LogP contribution < -0.4 is 0 Å². The van der Waals surface area contributed by atoms with Crippen LogP contribution in [0, 0.1) is 12.8 Å². The molecular formula is C14H17Cl2NO3S. The molecule has 2 rings (SSSR count). The first kappa shape index (κ1) is 16.6. The summed E-state index contributed by atoms with van der Waals surface area (Å²) >= 11 is 6.05. The predicted molar refractivity (Wildman–Crippen MR) is 83.5 cm³/mol. The highest BCUT2D eigenvalue weighted by molar-refractivity contribution is 8.13. The Morgan fingerprint density at radius 3 is 2.43 bits per heavy atom. The van der Waals surface area contributed by atoms with E-state index >= 15 is 0 Å². The number of benzene rings is 1. The molecule has 1 aromatic rings. The van der Waals surface area contributed by atoms with Gasteiger partial charge in [-0.15, -0.1) is 0 Å². The van der Waals surface area contributed by atoms with E-state index in [1.807, 2.05) is 6.92 Å². The van der Waals surface area contributed by atoms with Crippen LogP contribution >= 0.6 is 22.3 Å². The molecule has 21 heavy (non-hydrogen) atoms. The summed E-state index contributed by atoms with van der Waals surface area (Å²) < 4.78 is 23.0. The van der Waals surface area contributed by atoms with Crippen molar-refractivity contribution in [3.8, 4) is 0 Å². The van der Waals surface area contributed by atoms with Crippen molar-refractivity contribution in [3.05, 3.63) is 28.3 Å². The van der Waals surface area contributed by atoms with Gasteiger partial charge in [0.2, 0.25) is 0 Å². The number of rotatable bonds is 2. The molecule has 0 aromatic heterocycles. The van der Waals surface area contributed by atoms with Gasteiger partial charge in [0.1, 0.15) is 0 Å². The summed E-state index contributed by atoms with van der Waals surface area (Å²) in [5, 5.41) is 0.222. The highest BCUT2D eigenvalue weighted by Crippen LogP contribution is 2.30. The molecule has 1 aliphatic heterocycles. The standard InChI is InChI=1S/C14H17Cl2NO3S/c1-8-4-9(2)17(7-8)14(18)12-5-11(21(16,19)20)6-13(15)10(12)3/h5-6,8-9H,4,7H2,1-3H3. The molecule has 4 nitrogen and oxygen atoms in total. The van der Waals surface area contributed by atoms with Crippen molar-refractivity contribution in [1.29, 1.82) is 0 Å². The molecule has 0 N–H and O–H groups in total. The van der Waals surface area contributed by atoms with Gasteiger partial charge in [0.05, 0.1) is 4.90 Å². The van der Waals surface area contributed by atoms with Crippen molar-refractivity contribution in [2.75, 3.05) is 6.54 Å². The maximum absolute atomic E-state index is 12.7. The van der Waals surface area contributed by atoms with Crippen LogP contribution in [0.4, 0.5) is 0 Å². The molecule has 1 aliphatic rings. The molecule has 1 fully saturated rings. The lowest BCUT2D eigenvalue weighted by molar-refractivity contribution is 0.0743. The monoisotopic (exact) mass is 349 g/mol. The first-order chi connectivity index (χ1) is 9.61. The molecule has 1 aromatic carbocycles. The summed E-state index contributed by atoms with van der Waals surface area (Å²) in [6.45, 7) is 6.43. The molecule has 0 saturated carbocycles. The lowest BCUT2D eigenvalue weighted by Crippen LogP contribution is -2.34. The summed E-state index contributed by atoms with van der Waals surface area (Å²) in [7, 11) is 1.43. The molecule has 1 saturated heterocycles. The van der Waals surface area contributed by atoms with Crippen LogP contribution in [0.1, 0.15) is 36.2 Å². The van der Waals surface area contributed by atoms with Gasteiger partial charge in [0.15, 0.2) is 0 Å². The van der Waals surface area contributed by atoms with Gasteiger partial charge < -0.3 is 4.90 Å². The SMILES string of the molecule is Cc1c(Cl)cc(S(=O)(=O)Cl)cc1C(=O)N1CC(C)CC1C. The molecule has 2 atom stereocenters. The number of halogens is 2. The molecule has 0 radical (unpaired) electrons. The molecule has 0 aliphatic carbocycles. The zero-order valence-corrected chi connectivity index (χ0v) is 14.4. The second-order valence-electron chi connectivity index (χ2n) is 5.66. The van der Waals surface area contributed by atoms with Crippen molar-refractivity contribution >= 4 is 37.2 Å². The van der Waals surface area contributed by atoms with Crippen LogP contribution in [0.15, 0.2) is 17.0 Å². The smallest absolute Gasteiger partial charge is 0.261 e. The number of nitrogens with zero attached hydrogens (tertiary/aromatic N) is 1. The fourth-order valence-electron chi connectivity index (χ4n) is 2.75. The lowest BCUT2D eigenvalue weighted by Gasteiger charge is -2.23. The molecule has 7 heteroatoms. The van der Waals surface area contributed by atoms with E-state index in [0.29, 0.717) is 23.6 Å². The van der Waals surface area contributed by atoms with Crippen molar-refractivity contribution in [1.82, 2.24) is 4.90 Å². The van der Waals surface area contributed by atoms with Crippen LogP contribution in [0.2, 0.25) is 5.02 Å². The van der Waals surface area contributed by atoms with E-state index in [2.05, 4.69) is 6.92 Å². The van der Waals surface area contributed by atoms with E-state index in [4.69, 9.17) is 22.3 Å². The van der Waals surface area contributed by atoms with Crippen molar-refractivity contribution < 1.29 is 13.2 Å². The van der Waals surface area contributed by atoms with Gasteiger partial charge in [-0.3, -0.25) is 4.79 Å². The molecule has 1 amide bonds. The third kappa shape index (κ3) is 3.35. The minimum Gasteiger partial charge on any atom is -0.336 e. The molecule has 1 heterocycles. The number of carbonyl (C=O) groups excluding carboxylic acids is 1. The Labute approximate surface area is 134 Å². The first-order valence-electron chi connectivity index (χ1n) is 6.67. The number of carbonyl (C=O) groups is 1. The number of hydrogen-bond donors (Lipinski definition) is 0. The quantitative estimate of drug-likeness (QED) is 0.768. The summed E-state index contributed by atoms with van der Waals surface area (Å²) in [5.74, 6) is 0.230. The van der Waals surface area contributed by atoms with Crippen LogP contribution in [0.25, 0.3) is 0 Å².